The molecule has 1 aromatic rings. The molecule has 0 saturated carbocycles. The molecule has 1 heterocycles. The minimum absolute atomic E-state index is 0.0631. The van der Waals surface area contributed by atoms with Gasteiger partial charge in [-0.05, 0) is 0 Å². The second-order valence-corrected chi connectivity index (χ2v) is 5.66. The first kappa shape index (κ1) is 10.5. The molecule has 0 spiro atoms. The normalized spacial score (nSPS) is 11.5. The third kappa shape index (κ3) is 2.67. The molecule has 1 rings (SSSR count). The molecule has 0 saturated heterocycles. The van der Waals surface area contributed by atoms with Crippen LogP contribution >= 0.6 is 15.9 Å². The summed E-state index contributed by atoms with van der Waals surface area (Å²) in [7, 11) is -3.25. The Morgan fingerprint density at radius 1 is 1.77 bits per heavy atom. The average Bonchev–Trinajstić information content (AvgIpc) is 2.31. The van der Waals surface area contributed by atoms with E-state index in [-0.39, 0.29) is 5.16 Å². The van der Waals surface area contributed by atoms with Gasteiger partial charge in [-0.1, -0.05) is 22.5 Å². The van der Waals surface area contributed by atoms with Crippen LogP contribution in [0.2, 0.25) is 0 Å². The highest BCUT2D eigenvalue weighted by Gasteiger charge is 2.13. The minimum atomic E-state index is -3.25. The smallest absolute Gasteiger partial charge is 0.227 e. The molecule has 0 amide bonds. The fourth-order valence-electron chi connectivity index (χ4n) is 0.929. The highest BCUT2D eigenvalue weighted by molar-refractivity contribution is 9.11. The number of sulfone groups is 1. The Balaban J connectivity index is 3.11. The summed E-state index contributed by atoms with van der Waals surface area (Å²) in [6, 6.07) is 0. The second-order valence-electron chi connectivity index (χ2n) is 2.63. The van der Waals surface area contributed by atoms with Crippen molar-refractivity contribution in [1.29, 1.82) is 0 Å². The van der Waals surface area contributed by atoms with Crippen molar-refractivity contribution in [1.82, 2.24) is 9.55 Å². The van der Waals surface area contributed by atoms with Gasteiger partial charge in [-0.25, -0.2) is 13.4 Å². The van der Waals surface area contributed by atoms with Crippen molar-refractivity contribution in [2.45, 2.75) is 11.7 Å². The number of allylic oxidation sites excluding steroid dienone is 1. The molecule has 0 fully saturated rings. The van der Waals surface area contributed by atoms with E-state index in [1.54, 1.807) is 6.20 Å². The number of imidazole rings is 1. The zero-order valence-corrected chi connectivity index (χ0v) is 9.47. The summed E-state index contributed by atoms with van der Waals surface area (Å²) in [5, 5.41) is 0.0631. The molecule has 0 radical (unpaired) electrons. The largest absolute Gasteiger partial charge is 0.317 e. The number of nitrogens with zero attached hydrogens (tertiary/aromatic N) is 2. The van der Waals surface area contributed by atoms with Gasteiger partial charge < -0.3 is 4.57 Å². The molecule has 72 valence electrons. The maximum Gasteiger partial charge on any atom is 0.227 e. The summed E-state index contributed by atoms with van der Waals surface area (Å²) in [5.74, 6) is 0. The zero-order chi connectivity index (χ0) is 10.1. The molecule has 0 aromatic carbocycles. The third-order valence-corrected chi connectivity index (χ3v) is 2.60. The van der Waals surface area contributed by atoms with Gasteiger partial charge in [-0.3, -0.25) is 0 Å². The number of hydrogen-bond donors (Lipinski definition) is 0. The van der Waals surface area contributed by atoms with Crippen molar-refractivity contribution in [3.63, 3.8) is 0 Å². The lowest BCUT2D eigenvalue weighted by molar-refractivity contribution is 0.579. The van der Waals surface area contributed by atoms with Gasteiger partial charge in [-0.2, -0.15) is 0 Å². The summed E-state index contributed by atoms with van der Waals surface area (Å²) in [6.45, 7) is 4.03. The van der Waals surface area contributed by atoms with Crippen LogP contribution in [0.25, 0.3) is 0 Å². The molecule has 0 bridgehead atoms. The summed E-state index contributed by atoms with van der Waals surface area (Å²) >= 11 is 3.16. The number of rotatable bonds is 3. The monoisotopic (exact) mass is 264 g/mol. The van der Waals surface area contributed by atoms with E-state index >= 15 is 0 Å². The predicted molar refractivity (Wildman–Crippen MR) is 53.4 cm³/mol. The molecular formula is C7H9BrN2O2S. The molecule has 0 aliphatic rings. The Morgan fingerprint density at radius 2 is 2.38 bits per heavy atom. The molecule has 4 nitrogen and oxygen atoms in total. The summed E-state index contributed by atoms with van der Waals surface area (Å²) in [4.78, 5) is 3.75. The van der Waals surface area contributed by atoms with Crippen LogP contribution < -0.4 is 0 Å². The van der Waals surface area contributed by atoms with Gasteiger partial charge in [0, 0.05) is 23.1 Å². The SMILES string of the molecule is C=C(Br)Cn1ccnc1S(C)(=O)=O. The Kier molecular flexibility index (Phi) is 2.92. The van der Waals surface area contributed by atoms with Crippen LogP contribution in [0.4, 0.5) is 0 Å². The topological polar surface area (TPSA) is 52.0 Å². The second kappa shape index (κ2) is 3.63. The van der Waals surface area contributed by atoms with Crippen molar-refractivity contribution in [3.8, 4) is 0 Å². The average molecular weight is 265 g/mol. The summed E-state index contributed by atoms with van der Waals surface area (Å²) in [5.41, 5.74) is 0. The minimum Gasteiger partial charge on any atom is -0.317 e. The van der Waals surface area contributed by atoms with E-state index < -0.39 is 9.84 Å². The number of hydrogen-bond acceptors (Lipinski definition) is 3. The zero-order valence-electron chi connectivity index (χ0n) is 7.07. The molecule has 0 aliphatic carbocycles. The first-order chi connectivity index (χ1) is 5.91. The van der Waals surface area contributed by atoms with E-state index in [0.29, 0.717) is 11.0 Å². The van der Waals surface area contributed by atoms with Crippen LogP contribution in [-0.4, -0.2) is 24.2 Å². The van der Waals surface area contributed by atoms with Crippen molar-refractivity contribution in [2.24, 2.45) is 0 Å². The highest BCUT2D eigenvalue weighted by atomic mass is 79.9. The highest BCUT2D eigenvalue weighted by Crippen LogP contribution is 2.11. The van der Waals surface area contributed by atoms with Crippen LogP contribution in [0, 0.1) is 0 Å². The van der Waals surface area contributed by atoms with Crippen molar-refractivity contribution in [3.05, 3.63) is 23.5 Å². The first-order valence-electron chi connectivity index (χ1n) is 3.45. The van der Waals surface area contributed by atoms with Crippen LogP contribution in [0.1, 0.15) is 0 Å². The maximum atomic E-state index is 11.2. The van der Waals surface area contributed by atoms with E-state index in [0.717, 1.165) is 6.26 Å². The molecule has 0 N–H and O–H groups in total. The van der Waals surface area contributed by atoms with Gasteiger partial charge in [0.15, 0.2) is 0 Å². The van der Waals surface area contributed by atoms with Crippen LogP contribution in [0.5, 0.6) is 0 Å². The van der Waals surface area contributed by atoms with Crippen LogP contribution in [0.15, 0.2) is 28.6 Å². The quantitative estimate of drug-likeness (QED) is 0.825. The van der Waals surface area contributed by atoms with Crippen LogP contribution in [0.3, 0.4) is 0 Å². The van der Waals surface area contributed by atoms with Gasteiger partial charge in [0.25, 0.3) is 0 Å². The molecular weight excluding hydrogens is 256 g/mol. The van der Waals surface area contributed by atoms with E-state index in [1.165, 1.54) is 10.8 Å². The lowest BCUT2D eigenvalue weighted by Crippen LogP contribution is -2.08. The Bertz CT molecular complexity index is 421. The van der Waals surface area contributed by atoms with Crippen molar-refractivity contribution in [2.75, 3.05) is 6.26 Å². The molecule has 0 atom stereocenters. The molecule has 0 aliphatic heterocycles. The van der Waals surface area contributed by atoms with Gasteiger partial charge in [0.2, 0.25) is 15.0 Å². The predicted octanol–water partition coefficient (Wildman–Crippen LogP) is 1.20. The van der Waals surface area contributed by atoms with E-state index in [9.17, 15) is 8.42 Å². The van der Waals surface area contributed by atoms with Gasteiger partial charge >= 0.3 is 0 Å². The lowest BCUT2D eigenvalue weighted by Gasteiger charge is -2.03. The fraction of sp³-hybridized carbons (Fsp3) is 0.286. The molecule has 1 aromatic heterocycles. The Hall–Kier alpha value is -0.620. The summed E-state index contributed by atoms with van der Waals surface area (Å²) in [6.07, 6.45) is 4.18. The van der Waals surface area contributed by atoms with Crippen LogP contribution in [-0.2, 0) is 16.4 Å². The third-order valence-electron chi connectivity index (χ3n) is 1.35. The lowest BCUT2D eigenvalue weighted by atomic mass is 10.6. The molecule has 6 heteroatoms. The fourth-order valence-corrected chi connectivity index (χ4v) is 2.00. The van der Waals surface area contributed by atoms with E-state index in [1.807, 2.05) is 0 Å². The van der Waals surface area contributed by atoms with E-state index in [2.05, 4.69) is 27.5 Å². The Morgan fingerprint density at radius 3 is 2.85 bits per heavy atom. The number of aromatic nitrogens is 2. The van der Waals surface area contributed by atoms with Crippen molar-refractivity contribution < 1.29 is 8.42 Å². The number of halogens is 1. The Labute approximate surface area is 85.3 Å². The van der Waals surface area contributed by atoms with Gasteiger partial charge in [-0.15, -0.1) is 0 Å². The van der Waals surface area contributed by atoms with Crippen molar-refractivity contribution >= 4 is 25.8 Å². The summed E-state index contributed by atoms with van der Waals surface area (Å²) < 4.78 is 24.6. The van der Waals surface area contributed by atoms with Gasteiger partial charge in [0.1, 0.15) is 0 Å². The maximum absolute atomic E-state index is 11.2. The standard InChI is InChI=1S/C7H9BrN2O2S/c1-6(8)5-10-4-3-9-7(10)13(2,11)12/h3-4H,1,5H2,2H3. The van der Waals surface area contributed by atoms with Gasteiger partial charge in [0.05, 0.1) is 6.54 Å². The molecule has 0 unspecified atom stereocenters. The first-order valence-corrected chi connectivity index (χ1v) is 6.14. The van der Waals surface area contributed by atoms with E-state index in [4.69, 9.17) is 0 Å². The molecule has 13 heavy (non-hydrogen) atoms.